The van der Waals surface area contributed by atoms with E-state index in [9.17, 15) is 0 Å². The summed E-state index contributed by atoms with van der Waals surface area (Å²) in [5.74, 6) is 0.121. The number of hydrogen-bond acceptors (Lipinski definition) is 4. The highest BCUT2D eigenvalue weighted by Crippen LogP contribution is 2.13. The van der Waals surface area contributed by atoms with Gasteiger partial charge < -0.3 is 20.6 Å². The molecule has 5 nitrogen and oxygen atoms in total. The van der Waals surface area contributed by atoms with Crippen LogP contribution >= 0.6 is 0 Å². The predicted molar refractivity (Wildman–Crippen MR) is 73.3 cm³/mol. The van der Waals surface area contributed by atoms with Crippen LogP contribution in [0.2, 0.25) is 0 Å². The Morgan fingerprint density at radius 1 is 1.33 bits per heavy atom. The number of nitrogens with two attached hydrogens (primary N) is 1. The van der Waals surface area contributed by atoms with Gasteiger partial charge in [-0.15, -0.1) is 0 Å². The van der Waals surface area contributed by atoms with Crippen molar-refractivity contribution in [2.24, 2.45) is 10.9 Å². The summed E-state index contributed by atoms with van der Waals surface area (Å²) in [6.45, 7) is 4.45. The van der Waals surface area contributed by atoms with Gasteiger partial charge in [-0.05, 0) is 30.7 Å². The second-order valence-electron chi connectivity index (χ2n) is 4.07. The van der Waals surface area contributed by atoms with Crippen LogP contribution < -0.4 is 10.6 Å². The van der Waals surface area contributed by atoms with Crippen molar-refractivity contribution in [2.45, 2.75) is 13.3 Å². The number of rotatable bonds is 7. The third-order valence-corrected chi connectivity index (χ3v) is 2.63. The Kier molecular flexibility index (Phi) is 6.00. The van der Waals surface area contributed by atoms with E-state index in [2.05, 4.69) is 17.0 Å². The molecule has 0 aliphatic rings. The van der Waals surface area contributed by atoms with Gasteiger partial charge in [-0.2, -0.15) is 0 Å². The van der Waals surface area contributed by atoms with Gasteiger partial charge >= 0.3 is 0 Å². The molecule has 0 saturated carbocycles. The van der Waals surface area contributed by atoms with Gasteiger partial charge in [-0.1, -0.05) is 12.1 Å². The van der Waals surface area contributed by atoms with E-state index in [4.69, 9.17) is 15.7 Å². The van der Waals surface area contributed by atoms with Gasteiger partial charge in [0.15, 0.2) is 5.84 Å². The monoisotopic (exact) mass is 251 g/mol. The third kappa shape index (κ3) is 4.25. The van der Waals surface area contributed by atoms with Crippen molar-refractivity contribution in [2.75, 3.05) is 31.7 Å². The summed E-state index contributed by atoms with van der Waals surface area (Å²) in [6.07, 6.45) is 1.04. The van der Waals surface area contributed by atoms with Crippen LogP contribution in [0, 0.1) is 0 Å². The van der Waals surface area contributed by atoms with Crippen LogP contribution in [0.4, 0.5) is 5.69 Å². The number of amidine groups is 1. The number of ether oxygens (including phenoxy) is 1. The summed E-state index contributed by atoms with van der Waals surface area (Å²) in [4.78, 5) is 2.10. The fraction of sp³-hybridized carbons (Fsp3) is 0.462. The fourth-order valence-electron chi connectivity index (χ4n) is 1.52. The Morgan fingerprint density at radius 2 is 2.00 bits per heavy atom. The molecule has 0 bridgehead atoms. The minimum Gasteiger partial charge on any atom is -0.409 e. The SMILES string of the molecule is CCCOCCN(C)c1ccc(/C(N)=N/O)cc1. The topological polar surface area (TPSA) is 71.1 Å². The number of nitrogens with zero attached hydrogens (tertiary/aromatic N) is 2. The Hall–Kier alpha value is -1.75. The van der Waals surface area contributed by atoms with Crippen molar-refractivity contribution in [3.8, 4) is 0 Å². The number of hydrogen-bond donors (Lipinski definition) is 2. The van der Waals surface area contributed by atoms with E-state index in [-0.39, 0.29) is 5.84 Å². The quantitative estimate of drug-likeness (QED) is 0.254. The van der Waals surface area contributed by atoms with Crippen LogP contribution in [-0.2, 0) is 4.74 Å². The molecule has 0 unspecified atom stereocenters. The summed E-state index contributed by atoms with van der Waals surface area (Å²) in [6, 6.07) is 7.53. The zero-order valence-electron chi connectivity index (χ0n) is 11.0. The van der Waals surface area contributed by atoms with Gasteiger partial charge in [0, 0.05) is 31.5 Å². The van der Waals surface area contributed by atoms with Crippen molar-refractivity contribution in [1.82, 2.24) is 0 Å². The molecule has 0 heterocycles. The zero-order valence-corrected chi connectivity index (χ0v) is 11.0. The van der Waals surface area contributed by atoms with Crippen LogP contribution in [0.25, 0.3) is 0 Å². The molecular formula is C13H21N3O2. The number of oxime groups is 1. The van der Waals surface area contributed by atoms with Gasteiger partial charge in [-0.25, -0.2) is 0 Å². The smallest absolute Gasteiger partial charge is 0.170 e. The van der Waals surface area contributed by atoms with E-state index in [0.717, 1.165) is 25.3 Å². The molecule has 0 aromatic heterocycles. The largest absolute Gasteiger partial charge is 0.409 e. The molecule has 1 rings (SSSR count). The lowest BCUT2D eigenvalue weighted by Crippen LogP contribution is -2.23. The summed E-state index contributed by atoms with van der Waals surface area (Å²) in [5.41, 5.74) is 7.28. The standard InChI is InChI=1S/C13H21N3O2/c1-3-9-18-10-8-16(2)12-6-4-11(5-7-12)13(14)15-17/h4-7,17H,3,8-10H2,1-2H3,(H2,14,15). The highest BCUT2D eigenvalue weighted by Gasteiger charge is 2.02. The van der Waals surface area contributed by atoms with Crippen LogP contribution in [0.5, 0.6) is 0 Å². The Bertz CT molecular complexity index is 376. The van der Waals surface area contributed by atoms with Crippen LogP contribution in [-0.4, -0.2) is 37.8 Å². The zero-order chi connectivity index (χ0) is 13.4. The summed E-state index contributed by atoms with van der Waals surface area (Å²) in [5, 5.41) is 11.5. The third-order valence-electron chi connectivity index (χ3n) is 2.63. The summed E-state index contributed by atoms with van der Waals surface area (Å²) < 4.78 is 5.44. The van der Waals surface area contributed by atoms with E-state index >= 15 is 0 Å². The van der Waals surface area contributed by atoms with Crippen molar-refractivity contribution in [3.63, 3.8) is 0 Å². The van der Waals surface area contributed by atoms with E-state index in [1.54, 1.807) is 0 Å². The summed E-state index contributed by atoms with van der Waals surface area (Å²) >= 11 is 0. The first-order valence-electron chi connectivity index (χ1n) is 6.06. The highest BCUT2D eigenvalue weighted by molar-refractivity contribution is 5.97. The molecular weight excluding hydrogens is 230 g/mol. The number of likely N-dealkylation sites (N-methyl/N-ethyl adjacent to an activating group) is 1. The molecule has 0 fully saturated rings. The fourth-order valence-corrected chi connectivity index (χ4v) is 1.52. The Balaban J connectivity index is 2.51. The van der Waals surface area contributed by atoms with E-state index < -0.39 is 0 Å². The van der Waals surface area contributed by atoms with E-state index in [1.807, 2.05) is 31.3 Å². The molecule has 0 radical (unpaired) electrons. The van der Waals surface area contributed by atoms with Crippen molar-refractivity contribution in [3.05, 3.63) is 29.8 Å². The molecule has 0 aliphatic carbocycles. The van der Waals surface area contributed by atoms with Crippen LogP contribution in [0.3, 0.4) is 0 Å². The lowest BCUT2D eigenvalue weighted by atomic mass is 10.2. The molecule has 0 saturated heterocycles. The van der Waals surface area contributed by atoms with Crippen molar-refractivity contribution < 1.29 is 9.94 Å². The Labute approximate surface area is 108 Å². The maximum atomic E-state index is 8.57. The molecule has 3 N–H and O–H groups in total. The molecule has 0 aliphatic heterocycles. The number of anilines is 1. The molecule has 1 aromatic carbocycles. The van der Waals surface area contributed by atoms with Crippen LogP contribution in [0.1, 0.15) is 18.9 Å². The van der Waals surface area contributed by atoms with Gasteiger partial charge in [0.1, 0.15) is 0 Å². The van der Waals surface area contributed by atoms with Crippen molar-refractivity contribution >= 4 is 11.5 Å². The second-order valence-corrected chi connectivity index (χ2v) is 4.07. The first kappa shape index (κ1) is 14.3. The lowest BCUT2D eigenvalue weighted by Gasteiger charge is -2.19. The molecule has 1 aromatic rings. The number of benzene rings is 1. The van der Waals surface area contributed by atoms with Gasteiger partial charge in [0.2, 0.25) is 0 Å². The lowest BCUT2D eigenvalue weighted by molar-refractivity contribution is 0.141. The van der Waals surface area contributed by atoms with Gasteiger partial charge in [-0.3, -0.25) is 0 Å². The molecule has 0 amide bonds. The maximum Gasteiger partial charge on any atom is 0.170 e. The van der Waals surface area contributed by atoms with Crippen molar-refractivity contribution in [1.29, 1.82) is 0 Å². The van der Waals surface area contributed by atoms with Gasteiger partial charge in [0.25, 0.3) is 0 Å². The molecule has 0 spiro atoms. The first-order valence-corrected chi connectivity index (χ1v) is 6.06. The second kappa shape index (κ2) is 7.55. The predicted octanol–water partition coefficient (Wildman–Crippen LogP) is 1.64. The summed E-state index contributed by atoms with van der Waals surface area (Å²) in [7, 11) is 2.01. The average molecular weight is 251 g/mol. The van der Waals surface area contributed by atoms with E-state index in [0.29, 0.717) is 12.2 Å². The maximum absolute atomic E-state index is 8.57. The van der Waals surface area contributed by atoms with Crippen LogP contribution in [0.15, 0.2) is 29.4 Å². The molecule has 5 heteroatoms. The minimum absolute atomic E-state index is 0.121. The highest BCUT2D eigenvalue weighted by atomic mass is 16.5. The first-order chi connectivity index (χ1) is 8.69. The molecule has 100 valence electrons. The van der Waals surface area contributed by atoms with Gasteiger partial charge in [0.05, 0.1) is 6.61 Å². The Morgan fingerprint density at radius 3 is 2.56 bits per heavy atom. The minimum atomic E-state index is 0.121. The normalized spacial score (nSPS) is 11.6. The molecule has 0 atom stereocenters. The van der Waals surface area contributed by atoms with E-state index in [1.165, 1.54) is 0 Å². The average Bonchev–Trinajstić information content (AvgIpc) is 2.42. The molecule has 18 heavy (non-hydrogen) atoms.